The molecule has 1 aromatic carbocycles. The van der Waals surface area contributed by atoms with Crippen molar-refractivity contribution in [1.82, 2.24) is 0 Å². The summed E-state index contributed by atoms with van der Waals surface area (Å²) >= 11 is 0. The SMILES string of the molecule is Cc1ccc(S(=O)(=O)OC2CCCCC2(C)C)cc1. The Bertz CT molecular complexity index is 529. The summed E-state index contributed by atoms with van der Waals surface area (Å²) in [5.74, 6) is 0. The lowest BCUT2D eigenvalue weighted by atomic mass is 9.75. The Morgan fingerprint density at radius 2 is 1.79 bits per heavy atom. The third-order valence-electron chi connectivity index (χ3n) is 3.96. The summed E-state index contributed by atoms with van der Waals surface area (Å²) in [4.78, 5) is 0.250. The Balaban J connectivity index is 2.19. The molecule has 2 rings (SSSR count). The van der Waals surface area contributed by atoms with Crippen LogP contribution in [0.2, 0.25) is 0 Å². The van der Waals surface area contributed by atoms with Crippen molar-refractivity contribution in [3.8, 4) is 0 Å². The van der Waals surface area contributed by atoms with E-state index < -0.39 is 10.1 Å². The molecule has 1 atom stereocenters. The zero-order valence-corrected chi connectivity index (χ0v) is 12.7. The van der Waals surface area contributed by atoms with Crippen molar-refractivity contribution in [3.63, 3.8) is 0 Å². The highest BCUT2D eigenvalue weighted by atomic mass is 32.2. The molecule has 0 N–H and O–H groups in total. The minimum absolute atomic E-state index is 0.0734. The number of rotatable bonds is 3. The number of hydrogen-bond acceptors (Lipinski definition) is 3. The molecule has 19 heavy (non-hydrogen) atoms. The largest absolute Gasteiger partial charge is 0.297 e. The molecule has 0 bridgehead atoms. The van der Waals surface area contributed by atoms with E-state index in [-0.39, 0.29) is 16.4 Å². The Morgan fingerprint density at radius 1 is 1.16 bits per heavy atom. The van der Waals surface area contributed by atoms with Crippen LogP contribution in [-0.2, 0) is 14.3 Å². The van der Waals surface area contributed by atoms with Gasteiger partial charge in [-0.25, -0.2) is 0 Å². The summed E-state index contributed by atoms with van der Waals surface area (Å²) in [5.41, 5.74) is 0.965. The van der Waals surface area contributed by atoms with E-state index in [1.807, 2.05) is 6.92 Å². The molecule has 1 saturated carbocycles. The van der Waals surface area contributed by atoms with Gasteiger partial charge in [0.25, 0.3) is 10.1 Å². The first-order chi connectivity index (χ1) is 8.81. The van der Waals surface area contributed by atoms with Gasteiger partial charge in [-0.1, -0.05) is 44.4 Å². The smallest absolute Gasteiger partial charge is 0.262 e. The van der Waals surface area contributed by atoms with Crippen LogP contribution < -0.4 is 0 Å². The minimum atomic E-state index is -3.65. The van der Waals surface area contributed by atoms with Crippen LogP contribution >= 0.6 is 0 Å². The van der Waals surface area contributed by atoms with E-state index in [2.05, 4.69) is 13.8 Å². The molecule has 0 heterocycles. The maximum Gasteiger partial charge on any atom is 0.297 e. The van der Waals surface area contributed by atoms with Crippen LogP contribution in [0.5, 0.6) is 0 Å². The van der Waals surface area contributed by atoms with E-state index in [0.29, 0.717) is 0 Å². The Kier molecular flexibility index (Phi) is 4.02. The van der Waals surface area contributed by atoms with Gasteiger partial charge in [-0.05, 0) is 37.3 Å². The summed E-state index contributed by atoms with van der Waals surface area (Å²) in [6.07, 6.45) is 3.81. The number of benzene rings is 1. The summed E-state index contributed by atoms with van der Waals surface area (Å²) in [7, 11) is -3.65. The van der Waals surface area contributed by atoms with Crippen molar-refractivity contribution in [3.05, 3.63) is 29.8 Å². The fourth-order valence-electron chi connectivity index (χ4n) is 2.55. The molecule has 106 valence electrons. The van der Waals surface area contributed by atoms with Gasteiger partial charge in [0, 0.05) is 0 Å². The standard InChI is InChI=1S/C15H22O3S/c1-12-7-9-13(10-8-12)19(16,17)18-14-6-4-5-11-15(14,2)3/h7-10,14H,4-6,11H2,1-3H3. The van der Waals surface area contributed by atoms with Crippen molar-refractivity contribution < 1.29 is 12.6 Å². The van der Waals surface area contributed by atoms with Crippen molar-refractivity contribution in [2.45, 2.75) is 57.5 Å². The highest BCUT2D eigenvalue weighted by molar-refractivity contribution is 7.86. The molecule has 3 nitrogen and oxygen atoms in total. The van der Waals surface area contributed by atoms with Gasteiger partial charge in [0.15, 0.2) is 0 Å². The molecule has 1 aliphatic carbocycles. The first-order valence-electron chi connectivity index (χ1n) is 6.81. The van der Waals surface area contributed by atoms with Gasteiger partial charge >= 0.3 is 0 Å². The molecule has 1 aromatic rings. The van der Waals surface area contributed by atoms with Crippen molar-refractivity contribution in [2.24, 2.45) is 5.41 Å². The fourth-order valence-corrected chi connectivity index (χ4v) is 3.80. The van der Waals surface area contributed by atoms with Gasteiger partial charge in [-0.2, -0.15) is 8.42 Å². The molecular weight excluding hydrogens is 260 g/mol. The molecule has 4 heteroatoms. The van der Waals surface area contributed by atoms with E-state index in [4.69, 9.17) is 4.18 Å². The van der Waals surface area contributed by atoms with Gasteiger partial charge < -0.3 is 0 Å². The fraction of sp³-hybridized carbons (Fsp3) is 0.600. The van der Waals surface area contributed by atoms with E-state index in [1.165, 1.54) is 0 Å². The second-order valence-corrected chi connectivity index (χ2v) is 7.66. The summed E-state index contributed by atoms with van der Waals surface area (Å²) in [6.45, 7) is 6.10. The van der Waals surface area contributed by atoms with Crippen LogP contribution in [0.25, 0.3) is 0 Å². The van der Waals surface area contributed by atoms with E-state index >= 15 is 0 Å². The third kappa shape index (κ3) is 3.37. The van der Waals surface area contributed by atoms with Crippen LogP contribution in [0.1, 0.15) is 45.1 Å². The van der Waals surface area contributed by atoms with Crippen molar-refractivity contribution in [2.75, 3.05) is 0 Å². The molecule has 0 amide bonds. The highest BCUT2D eigenvalue weighted by Gasteiger charge is 2.36. The van der Waals surface area contributed by atoms with Crippen LogP contribution in [0.4, 0.5) is 0 Å². The Hall–Kier alpha value is -0.870. The molecule has 0 aliphatic heterocycles. The Morgan fingerprint density at radius 3 is 2.37 bits per heavy atom. The van der Waals surface area contributed by atoms with Crippen LogP contribution in [0, 0.1) is 12.3 Å². The topological polar surface area (TPSA) is 43.4 Å². The van der Waals surface area contributed by atoms with Gasteiger partial charge in [0.1, 0.15) is 0 Å². The second kappa shape index (κ2) is 5.25. The summed E-state index contributed by atoms with van der Waals surface area (Å²) in [5, 5.41) is 0. The molecule has 1 unspecified atom stereocenters. The van der Waals surface area contributed by atoms with Gasteiger partial charge in [0.2, 0.25) is 0 Å². The normalized spacial score (nSPS) is 23.2. The predicted molar refractivity (Wildman–Crippen MR) is 75.5 cm³/mol. The van der Waals surface area contributed by atoms with Crippen LogP contribution in [-0.4, -0.2) is 14.5 Å². The quantitative estimate of drug-likeness (QED) is 0.794. The minimum Gasteiger partial charge on any atom is -0.262 e. The third-order valence-corrected chi connectivity index (χ3v) is 5.30. The lowest BCUT2D eigenvalue weighted by Gasteiger charge is -2.37. The molecular formula is C15H22O3S. The predicted octanol–water partition coefficient (Wildman–Crippen LogP) is 3.67. The van der Waals surface area contributed by atoms with Crippen molar-refractivity contribution in [1.29, 1.82) is 0 Å². The summed E-state index contributed by atoms with van der Waals surface area (Å²) in [6, 6.07) is 6.81. The van der Waals surface area contributed by atoms with E-state index in [0.717, 1.165) is 31.2 Å². The van der Waals surface area contributed by atoms with Gasteiger partial charge in [0.05, 0.1) is 11.0 Å². The molecule has 1 aliphatic rings. The van der Waals surface area contributed by atoms with Crippen LogP contribution in [0.15, 0.2) is 29.2 Å². The lowest BCUT2D eigenvalue weighted by Crippen LogP contribution is -2.36. The number of aryl methyl sites for hydroxylation is 1. The van der Waals surface area contributed by atoms with E-state index in [9.17, 15) is 8.42 Å². The maximum atomic E-state index is 12.3. The zero-order chi connectivity index (χ0) is 14.1. The average Bonchev–Trinajstić information content (AvgIpc) is 2.32. The monoisotopic (exact) mass is 282 g/mol. The molecule has 0 spiro atoms. The first kappa shape index (κ1) is 14.5. The Labute approximate surface area is 116 Å². The lowest BCUT2D eigenvalue weighted by molar-refractivity contribution is 0.0390. The number of hydrogen-bond donors (Lipinski definition) is 0. The molecule has 0 radical (unpaired) electrons. The van der Waals surface area contributed by atoms with Crippen molar-refractivity contribution >= 4 is 10.1 Å². The van der Waals surface area contributed by atoms with Gasteiger partial charge in [-0.3, -0.25) is 4.18 Å². The molecule has 0 aromatic heterocycles. The molecule has 0 saturated heterocycles. The molecule has 1 fully saturated rings. The first-order valence-corrected chi connectivity index (χ1v) is 8.22. The zero-order valence-electron chi connectivity index (χ0n) is 11.8. The van der Waals surface area contributed by atoms with Gasteiger partial charge in [-0.15, -0.1) is 0 Å². The maximum absolute atomic E-state index is 12.3. The summed E-state index contributed by atoms with van der Waals surface area (Å²) < 4.78 is 30.0. The average molecular weight is 282 g/mol. The van der Waals surface area contributed by atoms with Crippen LogP contribution in [0.3, 0.4) is 0 Å². The second-order valence-electron chi connectivity index (χ2n) is 6.09. The van der Waals surface area contributed by atoms with E-state index in [1.54, 1.807) is 24.3 Å². The highest BCUT2D eigenvalue weighted by Crippen LogP contribution is 2.38.